The molecule has 6 heteroatoms. The first-order valence-electron chi connectivity index (χ1n) is 6.89. The summed E-state index contributed by atoms with van der Waals surface area (Å²) < 4.78 is 0. The fourth-order valence-electron chi connectivity index (χ4n) is 1.96. The first-order chi connectivity index (χ1) is 11.1. The predicted molar refractivity (Wildman–Crippen MR) is 88.9 cm³/mol. The number of rotatable bonds is 6. The highest BCUT2D eigenvalue weighted by Gasteiger charge is 2.01. The van der Waals surface area contributed by atoms with E-state index in [9.17, 15) is 4.79 Å². The van der Waals surface area contributed by atoms with Gasteiger partial charge in [0.1, 0.15) is 0 Å². The summed E-state index contributed by atoms with van der Waals surface area (Å²) in [5.41, 5.74) is 10.2. The molecule has 0 amide bonds. The fraction of sp³-hybridized carbons (Fsp3) is 0.0588. The van der Waals surface area contributed by atoms with Crippen LogP contribution in [0.4, 0.5) is 5.69 Å². The summed E-state index contributed by atoms with van der Waals surface area (Å²) in [4.78, 5) is 10.5. The van der Waals surface area contributed by atoms with Gasteiger partial charge in [-0.1, -0.05) is 36.4 Å². The monoisotopic (exact) mass is 308 g/mol. The number of anilines is 1. The molecule has 0 unspecified atom stereocenters. The van der Waals surface area contributed by atoms with E-state index in [1.54, 1.807) is 24.3 Å². The van der Waals surface area contributed by atoms with Crippen molar-refractivity contribution in [1.29, 1.82) is 10.9 Å². The average Bonchev–Trinajstić information content (AvgIpc) is 2.58. The lowest BCUT2D eigenvalue weighted by molar-refractivity contribution is -0.131. The third kappa shape index (κ3) is 4.89. The molecular weight excluding hydrogens is 292 g/mol. The van der Waals surface area contributed by atoms with Crippen molar-refractivity contribution in [3.8, 4) is 0 Å². The predicted octanol–water partition coefficient (Wildman–Crippen LogP) is 3.75. The molecule has 2 rings (SSSR count). The smallest absolute Gasteiger partial charge is 0.328 e. The maximum Gasteiger partial charge on any atom is 0.328 e. The molecule has 0 spiro atoms. The summed E-state index contributed by atoms with van der Waals surface area (Å²) in [6, 6.07) is 14.7. The SMILES string of the molecule is N=NC(=N)c1cccc(NCc2ccc(/C=C/C(=O)O)cc2)c1. The van der Waals surface area contributed by atoms with Crippen molar-refractivity contribution in [3.63, 3.8) is 0 Å². The van der Waals surface area contributed by atoms with Gasteiger partial charge in [-0.05, 0) is 29.3 Å². The number of benzene rings is 2. The second-order valence-corrected chi connectivity index (χ2v) is 4.81. The van der Waals surface area contributed by atoms with Crippen molar-refractivity contribution >= 4 is 23.6 Å². The highest BCUT2D eigenvalue weighted by molar-refractivity contribution is 5.97. The van der Waals surface area contributed by atoms with Crippen LogP contribution in [0.1, 0.15) is 16.7 Å². The first-order valence-corrected chi connectivity index (χ1v) is 6.89. The summed E-state index contributed by atoms with van der Waals surface area (Å²) in [5, 5.41) is 22.5. The van der Waals surface area contributed by atoms with E-state index in [1.807, 2.05) is 30.3 Å². The molecule has 0 saturated heterocycles. The van der Waals surface area contributed by atoms with Crippen molar-refractivity contribution in [2.45, 2.75) is 6.54 Å². The molecule has 0 bridgehead atoms. The lowest BCUT2D eigenvalue weighted by Gasteiger charge is -2.08. The molecule has 0 saturated carbocycles. The van der Waals surface area contributed by atoms with Gasteiger partial charge in [-0.15, -0.1) is 5.11 Å². The lowest BCUT2D eigenvalue weighted by Crippen LogP contribution is -2.01. The molecule has 6 nitrogen and oxygen atoms in total. The Hall–Kier alpha value is -3.28. The molecular formula is C17H16N4O2. The van der Waals surface area contributed by atoms with Gasteiger partial charge in [-0.25, -0.2) is 10.3 Å². The van der Waals surface area contributed by atoms with E-state index in [4.69, 9.17) is 16.0 Å². The molecule has 2 aromatic rings. The second-order valence-electron chi connectivity index (χ2n) is 4.81. The minimum Gasteiger partial charge on any atom is -0.478 e. The number of amidine groups is 1. The van der Waals surface area contributed by atoms with Gasteiger partial charge in [-0.3, -0.25) is 5.41 Å². The van der Waals surface area contributed by atoms with Crippen LogP contribution < -0.4 is 5.32 Å². The van der Waals surface area contributed by atoms with Gasteiger partial charge in [0.25, 0.3) is 0 Å². The molecule has 116 valence electrons. The third-order valence-electron chi connectivity index (χ3n) is 3.14. The maximum atomic E-state index is 10.5. The van der Waals surface area contributed by atoms with Crippen molar-refractivity contribution in [3.05, 3.63) is 71.3 Å². The number of carboxylic acids is 1. The van der Waals surface area contributed by atoms with Crippen LogP contribution in [0, 0.1) is 10.9 Å². The number of hydrogen-bond acceptors (Lipinski definition) is 4. The quantitative estimate of drug-likeness (QED) is 0.282. The number of carbonyl (C=O) groups is 1. The summed E-state index contributed by atoms with van der Waals surface area (Å²) in [7, 11) is 0. The van der Waals surface area contributed by atoms with Crippen molar-refractivity contribution in [2.75, 3.05) is 5.32 Å². The van der Waals surface area contributed by atoms with E-state index in [1.165, 1.54) is 0 Å². The Morgan fingerprint density at radius 2 is 1.96 bits per heavy atom. The van der Waals surface area contributed by atoms with Crippen molar-refractivity contribution < 1.29 is 9.90 Å². The van der Waals surface area contributed by atoms with Crippen molar-refractivity contribution in [2.24, 2.45) is 5.11 Å². The van der Waals surface area contributed by atoms with Crippen molar-refractivity contribution in [1.82, 2.24) is 0 Å². The Bertz CT molecular complexity index is 751. The van der Waals surface area contributed by atoms with Gasteiger partial charge >= 0.3 is 5.97 Å². The molecule has 0 radical (unpaired) electrons. The Labute approximate surface area is 133 Å². The normalized spacial score (nSPS) is 10.4. The van der Waals surface area contributed by atoms with Crippen LogP contribution in [0.3, 0.4) is 0 Å². The number of hydrogen-bond donors (Lipinski definition) is 4. The van der Waals surface area contributed by atoms with E-state index in [-0.39, 0.29) is 5.84 Å². The minimum atomic E-state index is -0.972. The topological polar surface area (TPSA) is 109 Å². The molecule has 4 N–H and O–H groups in total. The Balaban J connectivity index is 1.99. The second kappa shape index (κ2) is 7.65. The number of aliphatic carboxylic acids is 1. The van der Waals surface area contributed by atoms with Gasteiger partial charge in [0, 0.05) is 23.9 Å². The van der Waals surface area contributed by atoms with Gasteiger partial charge < -0.3 is 10.4 Å². The highest BCUT2D eigenvalue weighted by atomic mass is 16.4. The van der Waals surface area contributed by atoms with Crippen LogP contribution in [0.15, 0.2) is 59.7 Å². The molecule has 0 aliphatic rings. The average molecular weight is 308 g/mol. The lowest BCUT2D eigenvalue weighted by atomic mass is 10.1. The van der Waals surface area contributed by atoms with E-state index in [2.05, 4.69) is 10.4 Å². The zero-order valence-electron chi connectivity index (χ0n) is 12.3. The molecule has 23 heavy (non-hydrogen) atoms. The van der Waals surface area contributed by atoms with Gasteiger partial charge in [0.2, 0.25) is 0 Å². The molecule has 0 atom stereocenters. The number of nitrogens with zero attached hydrogens (tertiary/aromatic N) is 1. The Morgan fingerprint density at radius 3 is 2.61 bits per heavy atom. The summed E-state index contributed by atoms with van der Waals surface area (Å²) in [6.45, 7) is 0.595. The first kappa shape index (κ1) is 16.1. The van der Waals surface area contributed by atoms with Crippen LogP contribution in [0.5, 0.6) is 0 Å². The van der Waals surface area contributed by atoms with E-state index in [0.29, 0.717) is 12.1 Å². The minimum absolute atomic E-state index is 0.0804. The molecule has 2 aromatic carbocycles. The van der Waals surface area contributed by atoms with E-state index < -0.39 is 5.97 Å². The van der Waals surface area contributed by atoms with Crippen LogP contribution in [0.2, 0.25) is 0 Å². The van der Waals surface area contributed by atoms with Crippen LogP contribution >= 0.6 is 0 Å². The molecule has 0 aliphatic carbocycles. The zero-order valence-corrected chi connectivity index (χ0v) is 12.3. The van der Waals surface area contributed by atoms with Crippen LogP contribution in [0.25, 0.3) is 6.08 Å². The molecule has 0 fully saturated rings. The Morgan fingerprint density at radius 1 is 1.22 bits per heavy atom. The van der Waals surface area contributed by atoms with Gasteiger partial charge in [-0.2, -0.15) is 0 Å². The summed E-state index contributed by atoms with van der Waals surface area (Å²) >= 11 is 0. The maximum absolute atomic E-state index is 10.5. The van der Waals surface area contributed by atoms with E-state index >= 15 is 0 Å². The zero-order chi connectivity index (χ0) is 16.7. The van der Waals surface area contributed by atoms with Crippen LogP contribution in [-0.2, 0) is 11.3 Å². The summed E-state index contributed by atoms with van der Waals surface area (Å²) in [5.74, 6) is -1.05. The fourth-order valence-corrected chi connectivity index (χ4v) is 1.96. The van der Waals surface area contributed by atoms with Gasteiger partial charge in [0.05, 0.1) is 0 Å². The standard InChI is InChI=1S/C17H16N4O2/c18-17(21-19)14-2-1-3-15(10-14)20-11-13-6-4-12(5-7-13)8-9-16(22)23/h1-10,18-20H,11H2,(H,22,23)/b9-8+,18-17?,21-19?. The van der Waals surface area contributed by atoms with Crippen LogP contribution in [-0.4, -0.2) is 16.9 Å². The number of carboxylic acid groups (broad SMARTS) is 1. The molecule has 0 heterocycles. The molecule has 0 aromatic heterocycles. The highest BCUT2D eigenvalue weighted by Crippen LogP contribution is 2.14. The molecule has 0 aliphatic heterocycles. The third-order valence-corrected chi connectivity index (χ3v) is 3.14. The Kier molecular flexibility index (Phi) is 5.35. The largest absolute Gasteiger partial charge is 0.478 e. The van der Waals surface area contributed by atoms with E-state index in [0.717, 1.165) is 22.9 Å². The summed E-state index contributed by atoms with van der Waals surface area (Å²) in [6.07, 6.45) is 2.64. The number of nitrogens with one attached hydrogen (secondary N) is 3. The van der Waals surface area contributed by atoms with Gasteiger partial charge in [0.15, 0.2) is 5.84 Å².